The zero-order valence-electron chi connectivity index (χ0n) is 23.4. The van der Waals surface area contributed by atoms with Crippen molar-refractivity contribution in [2.75, 3.05) is 13.6 Å². The summed E-state index contributed by atoms with van der Waals surface area (Å²) >= 11 is 0. The van der Waals surface area contributed by atoms with Crippen LogP contribution in [0.5, 0.6) is 5.75 Å². The molecule has 202 valence electrons. The van der Waals surface area contributed by atoms with Gasteiger partial charge < -0.3 is 9.64 Å². The van der Waals surface area contributed by atoms with Crippen LogP contribution in [0.25, 0.3) is 10.8 Å². The Bertz CT molecular complexity index is 987. The van der Waals surface area contributed by atoms with E-state index in [1.54, 1.807) is 0 Å². The second kappa shape index (κ2) is 17.2. The SMILES string of the molecule is CCCCC/C=C\C/C=C\CCCCCCCC(=O)Oc1cccc2cccc(C[C@H]3CCCN3C)c12. The molecule has 3 rings (SSSR count). The summed E-state index contributed by atoms with van der Waals surface area (Å²) in [5.74, 6) is 0.618. The first kappa shape index (κ1) is 29.2. The maximum atomic E-state index is 12.7. The molecule has 37 heavy (non-hydrogen) atoms. The quantitative estimate of drug-likeness (QED) is 0.0932. The molecule has 1 atom stereocenters. The Hall–Kier alpha value is -2.39. The van der Waals surface area contributed by atoms with Crippen LogP contribution in [0.2, 0.25) is 0 Å². The third-order valence-corrected chi connectivity index (χ3v) is 7.64. The highest BCUT2D eigenvalue weighted by Crippen LogP contribution is 2.32. The number of ether oxygens (including phenoxy) is 1. The number of allylic oxidation sites excluding steroid dienone is 4. The first-order valence-corrected chi connectivity index (χ1v) is 14.9. The molecular weight excluding hydrogens is 454 g/mol. The minimum Gasteiger partial charge on any atom is -0.426 e. The Morgan fingerprint density at radius 2 is 1.62 bits per heavy atom. The lowest BCUT2D eigenvalue weighted by molar-refractivity contribution is -0.134. The van der Waals surface area contributed by atoms with Crippen LogP contribution in [0, 0.1) is 0 Å². The Morgan fingerprint density at radius 3 is 2.35 bits per heavy atom. The fourth-order valence-electron chi connectivity index (χ4n) is 5.38. The van der Waals surface area contributed by atoms with Crippen molar-refractivity contribution in [1.29, 1.82) is 0 Å². The number of unbranched alkanes of at least 4 members (excludes halogenated alkanes) is 8. The van der Waals surface area contributed by atoms with Crippen LogP contribution < -0.4 is 4.74 Å². The second-order valence-corrected chi connectivity index (χ2v) is 10.7. The van der Waals surface area contributed by atoms with Gasteiger partial charge in [0.25, 0.3) is 0 Å². The van der Waals surface area contributed by atoms with E-state index in [-0.39, 0.29) is 5.97 Å². The molecule has 1 heterocycles. The molecule has 3 heteroatoms. The van der Waals surface area contributed by atoms with E-state index < -0.39 is 0 Å². The zero-order valence-corrected chi connectivity index (χ0v) is 23.4. The predicted molar refractivity (Wildman–Crippen MR) is 158 cm³/mol. The number of likely N-dealkylation sites (tertiary alicyclic amines) is 1. The number of hydrogen-bond acceptors (Lipinski definition) is 3. The van der Waals surface area contributed by atoms with Gasteiger partial charge in [-0.15, -0.1) is 0 Å². The fourth-order valence-corrected chi connectivity index (χ4v) is 5.38. The van der Waals surface area contributed by atoms with E-state index in [2.05, 4.69) is 67.4 Å². The van der Waals surface area contributed by atoms with Gasteiger partial charge in [-0.05, 0) is 88.4 Å². The van der Waals surface area contributed by atoms with Crippen molar-refractivity contribution in [3.05, 3.63) is 66.3 Å². The summed E-state index contributed by atoms with van der Waals surface area (Å²) in [4.78, 5) is 15.1. The molecule has 3 nitrogen and oxygen atoms in total. The Kier molecular flexibility index (Phi) is 13.5. The number of rotatable bonds is 17. The molecule has 1 fully saturated rings. The lowest BCUT2D eigenvalue weighted by Crippen LogP contribution is -2.26. The molecule has 1 saturated heterocycles. The molecule has 1 aliphatic heterocycles. The number of hydrogen-bond donors (Lipinski definition) is 0. The van der Waals surface area contributed by atoms with Crippen LogP contribution in [-0.4, -0.2) is 30.5 Å². The largest absolute Gasteiger partial charge is 0.426 e. The maximum Gasteiger partial charge on any atom is 0.311 e. The number of benzene rings is 2. The Labute approximate surface area is 226 Å². The summed E-state index contributed by atoms with van der Waals surface area (Å²) in [5.41, 5.74) is 1.29. The Balaban J connectivity index is 1.33. The third-order valence-electron chi connectivity index (χ3n) is 7.64. The molecule has 0 amide bonds. The standard InChI is InChI=1S/C34H49NO2/c1-3-4-5-6-7-8-9-10-11-12-13-14-15-16-17-26-33(36)37-32-25-19-22-29-21-18-23-30(34(29)32)28-31-24-20-27-35(31)2/h7-8,10-11,18-19,21-23,25,31H,3-6,9,12-17,20,24,26-28H2,1-2H3/b8-7-,11-10-/t31-/m1/s1. The summed E-state index contributed by atoms with van der Waals surface area (Å²) < 4.78 is 5.91. The lowest BCUT2D eigenvalue weighted by Gasteiger charge is -2.21. The van der Waals surface area contributed by atoms with Gasteiger partial charge in [-0.25, -0.2) is 0 Å². The van der Waals surface area contributed by atoms with E-state index in [1.165, 1.54) is 69.9 Å². The van der Waals surface area contributed by atoms with Crippen molar-refractivity contribution in [1.82, 2.24) is 4.90 Å². The number of esters is 1. The molecule has 2 aromatic rings. The van der Waals surface area contributed by atoms with Crippen molar-refractivity contribution in [2.45, 2.75) is 109 Å². The maximum absolute atomic E-state index is 12.7. The average molecular weight is 504 g/mol. The van der Waals surface area contributed by atoms with Crippen LogP contribution in [0.1, 0.15) is 102 Å². The van der Waals surface area contributed by atoms with E-state index in [4.69, 9.17) is 4.74 Å². The van der Waals surface area contributed by atoms with Crippen molar-refractivity contribution in [3.8, 4) is 5.75 Å². The average Bonchev–Trinajstić information content (AvgIpc) is 3.30. The van der Waals surface area contributed by atoms with Crippen molar-refractivity contribution < 1.29 is 9.53 Å². The van der Waals surface area contributed by atoms with Crippen LogP contribution in [-0.2, 0) is 11.2 Å². The van der Waals surface area contributed by atoms with Crippen molar-refractivity contribution in [2.24, 2.45) is 0 Å². The van der Waals surface area contributed by atoms with Crippen LogP contribution in [0.4, 0.5) is 0 Å². The molecule has 0 radical (unpaired) electrons. The van der Waals surface area contributed by atoms with Crippen molar-refractivity contribution in [3.63, 3.8) is 0 Å². The first-order chi connectivity index (χ1) is 18.2. The normalized spacial score (nSPS) is 16.4. The van der Waals surface area contributed by atoms with Gasteiger partial charge >= 0.3 is 5.97 Å². The lowest BCUT2D eigenvalue weighted by atomic mass is 9.97. The number of carbonyl (C=O) groups is 1. The predicted octanol–water partition coefficient (Wildman–Crippen LogP) is 9.20. The highest BCUT2D eigenvalue weighted by molar-refractivity contribution is 5.93. The summed E-state index contributed by atoms with van der Waals surface area (Å²) in [6.45, 7) is 3.42. The molecule has 0 saturated carbocycles. The van der Waals surface area contributed by atoms with E-state index >= 15 is 0 Å². The molecule has 0 unspecified atom stereocenters. The number of fused-ring (bicyclic) bond motifs is 1. The number of nitrogens with zero attached hydrogens (tertiary/aromatic N) is 1. The van der Waals surface area contributed by atoms with Gasteiger partial charge in [0.05, 0.1) is 0 Å². The zero-order chi connectivity index (χ0) is 26.1. The molecule has 0 aromatic heterocycles. The highest BCUT2D eigenvalue weighted by atomic mass is 16.5. The van der Waals surface area contributed by atoms with Gasteiger partial charge in [0.1, 0.15) is 5.75 Å². The third kappa shape index (κ3) is 10.5. The first-order valence-electron chi connectivity index (χ1n) is 14.9. The molecule has 0 aliphatic carbocycles. The van der Waals surface area contributed by atoms with Crippen LogP contribution in [0.15, 0.2) is 60.7 Å². The monoisotopic (exact) mass is 503 g/mol. The molecule has 0 bridgehead atoms. The minimum absolute atomic E-state index is 0.106. The molecule has 2 aromatic carbocycles. The summed E-state index contributed by atoms with van der Waals surface area (Å²) in [7, 11) is 2.22. The van der Waals surface area contributed by atoms with E-state index in [9.17, 15) is 4.79 Å². The second-order valence-electron chi connectivity index (χ2n) is 10.7. The van der Waals surface area contributed by atoms with Gasteiger partial charge in [0.15, 0.2) is 0 Å². The summed E-state index contributed by atoms with van der Waals surface area (Å²) in [6.07, 6.45) is 26.2. The Morgan fingerprint density at radius 1 is 0.919 bits per heavy atom. The molecule has 0 N–H and O–H groups in total. The smallest absolute Gasteiger partial charge is 0.311 e. The topological polar surface area (TPSA) is 29.5 Å². The van der Waals surface area contributed by atoms with Gasteiger partial charge in [0.2, 0.25) is 0 Å². The van der Waals surface area contributed by atoms with Gasteiger partial charge in [-0.1, -0.05) is 93.7 Å². The van der Waals surface area contributed by atoms with E-state index in [0.29, 0.717) is 12.5 Å². The van der Waals surface area contributed by atoms with E-state index in [0.717, 1.165) is 48.6 Å². The van der Waals surface area contributed by atoms with Gasteiger partial charge in [-0.3, -0.25) is 4.79 Å². The van der Waals surface area contributed by atoms with Gasteiger partial charge in [0, 0.05) is 17.8 Å². The number of carbonyl (C=O) groups excluding carboxylic acids is 1. The summed E-state index contributed by atoms with van der Waals surface area (Å²) in [6, 6.07) is 13.1. The molecule has 0 spiro atoms. The molecular formula is C34H49NO2. The highest BCUT2D eigenvalue weighted by Gasteiger charge is 2.22. The van der Waals surface area contributed by atoms with E-state index in [1.807, 2.05) is 12.1 Å². The van der Waals surface area contributed by atoms with Gasteiger partial charge in [-0.2, -0.15) is 0 Å². The number of likely N-dealkylation sites (N-methyl/N-ethyl adjacent to an activating group) is 1. The van der Waals surface area contributed by atoms with Crippen LogP contribution in [0.3, 0.4) is 0 Å². The summed E-state index contributed by atoms with van der Waals surface area (Å²) in [5, 5.41) is 2.26. The van der Waals surface area contributed by atoms with Crippen molar-refractivity contribution >= 4 is 16.7 Å². The minimum atomic E-state index is -0.106. The van der Waals surface area contributed by atoms with Crippen LogP contribution >= 0.6 is 0 Å². The molecule has 1 aliphatic rings. The fraction of sp³-hybridized carbons (Fsp3) is 0.559.